The molecule has 12 nitrogen and oxygen atoms in total. The molecule has 13 heteroatoms. The minimum absolute atomic E-state index is 0.0441. The molecule has 0 aliphatic carbocycles. The number of carbonyl (C=O) groups is 1. The van der Waals surface area contributed by atoms with Crippen LogP contribution in [0.1, 0.15) is 187 Å². The zero-order valence-electron chi connectivity index (χ0n) is 33.3. The van der Waals surface area contributed by atoms with Gasteiger partial charge in [-0.25, -0.2) is 4.18 Å². The van der Waals surface area contributed by atoms with E-state index in [9.17, 15) is 28.5 Å². The Morgan fingerprint density at radius 3 is 1.51 bits per heavy atom. The van der Waals surface area contributed by atoms with Crippen LogP contribution in [0.3, 0.4) is 0 Å². The Labute approximate surface area is 322 Å². The predicted octanol–water partition coefficient (Wildman–Crippen LogP) is 8.13. The fraction of sp³-hybridized carbons (Fsp3) is 0.975. The maximum atomic E-state index is 12.8. The van der Waals surface area contributed by atoms with Crippen LogP contribution in [0.2, 0.25) is 0 Å². The molecule has 0 bridgehead atoms. The number of carbonyl (C=O) groups excluding carboxylic acids is 1. The van der Waals surface area contributed by atoms with Gasteiger partial charge in [-0.15, -0.1) is 0 Å². The summed E-state index contributed by atoms with van der Waals surface area (Å²) in [5, 5.41) is 30.6. The van der Waals surface area contributed by atoms with Crippen molar-refractivity contribution in [2.45, 2.75) is 224 Å². The molecule has 0 radical (unpaired) electrons. The Hall–Kier alpha value is -0.900. The Morgan fingerprint density at radius 2 is 1.08 bits per heavy atom. The lowest BCUT2D eigenvalue weighted by molar-refractivity contribution is -0.301. The molecule has 6 atom stereocenters. The number of unbranched alkanes of at least 4 members (excludes halogenated alkanes) is 24. The van der Waals surface area contributed by atoms with Crippen LogP contribution in [0.25, 0.3) is 0 Å². The summed E-state index contributed by atoms with van der Waals surface area (Å²) in [6, 6.07) is 0. The number of hydrogen-bond acceptors (Lipinski definition) is 11. The van der Waals surface area contributed by atoms with Crippen molar-refractivity contribution in [1.82, 2.24) is 0 Å². The van der Waals surface area contributed by atoms with Crippen molar-refractivity contribution in [2.75, 3.05) is 26.4 Å². The van der Waals surface area contributed by atoms with Crippen LogP contribution >= 0.6 is 0 Å². The van der Waals surface area contributed by atoms with Crippen LogP contribution in [0, 0.1) is 0 Å². The quantitative estimate of drug-likeness (QED) is 0.0271. The van der Waals surface area contributed by atoms with Crippen LogP contribution in [-0.4, -0.2) is 97.5 Å². The largest absolute Gasteiger partial charge is 0.457 e. The number of ether oxygens (including phenoxy) is 4. The molecule has 4 N–H and O–H groups in total. The average Bonchev–Trinajstić information content (AvgIpc) is 3.12. The van der Waals surface area contributed by atoms with E-state index >= 15 is 0 Å². The molecule has 1 saturated heterocycles. The van der Waals surface area contributed by atoms with Crippen molar-refractivity contribution in [3.05, 3.63) is 0 Å². The molecule has 0 aromatic heterocycles. The van der Waals surface area contributed by atoms with Gasteiger partial charge in [0.25, 0.3) is 0 Å². The van der Waals surface area contributed by atoms with E-state index in [1.807, 2.05) is 0 Å². The zero-order chi connectivity index (χ0) is 39.0. The maximum absolute atomic E-state index is 12.8. The number of aliphatic hydroxyl groups is 3. The fourth-order valence-electron chi connectivity index (χ4n) is 6.73. The van der Waals surface area contributed by atoms with Crippen LogP contribution in [0.5, 0.6) is 0 Å². The molecule has 1 heterocycles. The van der Waals surface area contributed by atoms with E-state index < -0.39 is 59.8 Å². The second kappa shape index (κ2) is 33.3. The molecule has 0 aromatic rings. The van der Waals surface area contributed by atoms with Gasteiger partial charge >= 0.3 is 16.4 Å². The van der Waals surface area contributed by atoms with E-state index in [4.69, 9.17) is 23.5 Å². The van der Waals surface area contributed by atoms with E-state index in [0.717, 1.165) is 38.5 Å². The van der Waals surface area contributed by atoms with E-state index in [1.165, 1.54) is 122 Å². The van der Waals surface area contributed by atoms with Crippen molar-refractivity contribution in [1.29, 1.82) is 0 Å². The second-order valence-electron chi connectivity index (χ2n) is 15.0. The van der Waals surface area contributed by atoms with Gasteiger partial charge < -0.3 is 34.3 Å². The van der Waals surface area contributed by atoms with Crippen LogP contribution in [0.15, 0.2) is 0 Å². The first-order valence-electron chi connectivity index (χ1n) is 21.3. The van der Waals surface area contributed by atoms with Crippen molar-refractivity contribution in [3.8, 4) is 0 Å². The van der Waals surface area contributed by atoms with E-state index in [0.29, 0.717) is 13.0 Å². The summed E-state index contributed by atoms with van der Waals surface area (Å²) in [6.07, 6.45) is 22.8. The van der Waals surface area contributed by atoms with Gasteiger partial charge in [0.2, 0.25) is 0 Å². The molecule has 53 heavy (non-hydrogen) atoms. The summed E-state index contributed by atoms with van der Waals surface area (Å²) in [5.41, 5.74) is 0. The fourth-order valence-corrected chi connectivity index (χ4v) is 7.24. The van der Waals surface area contributed by atoms with Gasteiger partial charge in [-0.1, -0.05) is 168 Å². The van der Waals surface area contributed by atoms with Crippen molar-refractivity contribution in [3.63, 3.8) is 0 Å². The topological polar surface area (TPSA) is 178 Å². The summed E-state index contributed by atoms with van der Waals surface area (Å²) < 4.78 is 58.9. The average molecular weight is 783 g/mol. The van der Waals surface area contributed by atoms with Crippen LogP contribution < -0.4 is 0 Å². The molecular weight excluding hydrogens is 704 g/mol. The van der Waals surface area contributed by atoms with E-state index in [-0.39, 0.29) is 19.6 Å². The summed E-state index contributed by atoms with van der Waals surface area (Å²) in [7, 11) is -5.05. The van der Waals surface area contributed by atoms with Crippen LogP contribution in [0.4, 0.5) is 0 Å². The first-order chi connectivity index (χ1) is 25.6. The molecular formula is C40H78O12S. The number of aliphatic hydroxyl groups excluding tert-OH is 3. The number of esters is 1. The Bertz CT molecular complexity index is 952. The highest BCUT2D eigenvalue weighted by atomic mass is 32.3. The standard InChI is InChI=1S/C40H78O12S/c1-3-5-7-9-11-13-15-16-17-18-20-22-24-26-28-30-48-32-34(50-36(42)29-27-25-23-21-19-14-12-10-8-6-4-2)33-49-40-38(44)39(52-53(45,46)47)37(43)35(31-41)51-40/h34-35,37-41,43-44H,3-33H2,1-2H3,(H,45,46,47). The van der Waals surface area contributed by atoms with Gasteiger partial charge in [0.1, 0.15) is 30.5 Å². The lowest BCUT2D eigenvalue weighted by atomic mass is 9.99. The maximum Gasteiger partial charge on any atom is 0.397 e. The normalized spacial score (nSPS) is 21.2. The minimum Gasteiger partial charge on any atom is -0.457 e. The molecule has 1 aliphatic heterocycles. The molecule has 1 rings (SSSR count). The first kappa shape index (κ1) is 50.1. The Kier molecular flexibility index (Phi) is 31.5. The van der Waals surface area contributed by atoms with Gasteiger partial charge in [-0.3, -0.25) is 9.35 Å². The second-order valence-corrected chi connectivity index (χ2v) is 16.0. The van der Waals surface area contributed by atoms with Crippen LogP contribution in [-0.2, 0) is 38.3 Å². The van der Waals surface area contributed by atoms with E-state index in [2.05, 4.69) is 18.0 Å². The SMILES string of the molecule is CCCCCCCCCCCCCCCCCOCC(COC1OC(CO)C(O)C(OS(=O)(=O)O)C1O)OC(=O)CCCCCCCCCCCCC. The van der Waals surface area contributed by atoms with Crippen molar-refractivity contribution in [2.24, 2.45) is 0 Å². The number of rotatable bonds is 37. The molecule has 1 fully saturated rings. The summed E-state index contributed by atoms with van der Waals surface area (Å²) >= 11 is 0. The monoisotopic (exact) mass is 783 g/mol. The highest BCUT2D eigenvalue weighted by Gasteiger charge is 2.48. The third kappa shape index (κ3) is 27.4. The van der Waals surface area contributed by atoms with Gasteiger partial charge in [-0.05, 0) is 12.8 Å². The highest BCUT2D eigenvalue weighted by molar-refractivity contribution is 7.80. The summed E-state index contributed by atoms with van der Waals surface area (Å²) in [6.45, 7) is 4.00. The van der Waals surface area contributed by atoms with E-state index in [1.54, 1.807) is 0 Å². The van der Waals surface area contributed by atoms with Gasteiger partial charge in [0, 0.05) is 13.0 Å². The Balaban J connectivity index is 2.44. The zero-order valence-corrected chi connectivity index (χ0v) is 34.2. The number of hydrogen-bond donors (Lipinski definition) is 4. The Morgan fingerprint density at radius 1 is 0.642 bits per heavy atom. The molecule has 0 aromatic carbocycles. The first-order valence-corrected chi connectivity index (χ1v) is 22.7. The molecule has 316 valence electrons. The van der Waals surface area contributed by atoms with Gasteiger partial charge in [0.05, 0.1) is 19.8 Å². The van der Waals surface area contributed by atoms with Crippen molar-refractivity contribution < 1.29 is 56.2 Å². The van der Waals surface area contributed by atoms with Gasteiger partial charge in [0.15, 0.2) is 6.29 Å². The molecule has 0 amide bonds. The minimum atomic E-state index is -5.05. The molecule has 0 spiro atoms. The lowest BCUT2D eigenvalue weighted by Crippen LogP contribution is -2.60. The summed E-state index contributed by atoms with van der Waals surface area (Å²) in [5.74, 6) is -0.397. The molecule has 1 aliphatic rings. The third-order valence-electron chi connectivity index (χ3n) is 9.98. The highest BCUT2D eigenvalue weighted by Crippen LogP contribution is 2.26. The molecule has 6 unspecified atom stereocenters. The smallest absolute Gasteiger partial charge is 0.397 e. The lowest BCUT2D eigenvalue weighted by Gasteiger charge is -2.41. The predicted molar refractivity (Wildman–Crippen MR) is 207 cm³/mol. The van der Waals surface area contributed by atoms with Gasteiger partial charge in [-0.2, -0.15) is 8.42 Å². The third-order valence-corrected chi connectivity index (χ3v) is 10.4. The summed E-state index contributed by atoms with van der Waals surface area (Å²) in [4.78, 5) is 12.8. The van der Waals surface area contributed by atoms with Crippen molar-refractivity contribution >= 4 is 16.4 Å². The molecule has 0 saturated carbocycles.